The molecule has 184 valence electrons. The molecule has 2 N–H and O–H groups in total. The molecule has 11 nitrogen and oxygen atoms in total. The van der Waals surface area contributed by atoms with E-state index in [4.69, 9.17) is 0 Å². The number of carbonyl (C=O) groups excluding carboxylic acids is 1. The van der Waals surface area contributed by atoms with Crippen LogP contribution in [0.4, 0.5) is 14.5 Å². The number of amides is 1. The average molecular weight is 506 g/mol. The lowest BCUT2D eigenvalue weighted by molar-refractivity contribution is -0.0494. The highest BCUT2D eigenvalue weighted by Crippen LogP contribution is 2.37. The Balaban J connectivity index is 1.78. The molecule has 35 heavy (non-hydrogen) atoms. The maximum absolute atomic E-state index is 13.1. The first-order chi connectivity index (χ1) is 16.5. The van der Waals surface area contributed by atoms with E-state index in [0.29, 0.717) is 5.65 Å². The molecule has 0 fully saturated rings. The minimum atomic E-state index is -3.96. The van der Waals surface area contributed by atoms with Crippen LogP contribution in [0.5, 0.6) is 5.75 Å². The second-order valence-corrected chi connectivity index (χ2v) is 9.67. The molecule has 0 saturated carbocycles. The fourth-order valence-corrected chi connectivity index (χ4v) is 4.86. The average Bonchev–Trinajstić information content (AvgIpc) is 3.36. The van der Waals surface area contributed by atoms with Crippen LogP contribution >= 0.6 is 0 Å². The third kappa shape index (κ3) is 5.12. The summed E-state index contributed by atoms with van der Waals surface area (Å²) in [5, 5.41) is 20.5. The monoisotopic (exact) mass is 506 g/mol. The van der Waals surface area contributed by atoms with Gasteiger partial charge in [-0.2, -0.15) is 19.0 Å². The molecule has 14 heteroatoms. The molecule has 1 unspecified atom stereocenters. The highest BCUT2D eigenvalue weighted by atomic mass is 32.2. The Kier molecular flexibility index (Phi) is 6.49. The minimum absolute atomic E-state index is 0.00460. The summed E-state index contributed by atoms with van der Waals surface area (Å²) in [7, 11) is -2.42. The van der Waals surface area contributed by atoms with E-state index in [-0.39, 0.29) is 33.2 Å². The molecule has 3 aromatic heterocycles. The first-order valence-electron chi connectivity index (χ1n) is 10.2. The van der Waals surface area contributed by atoms with Crippen LogP contribution in [0.15, 0.2) is 53.9 Å². The molecule has 0 saturated heterocycles. The number of aliphatic hydroxyl groups excluding tert-OH is 1. The van der Waals surface area contributed by atoms with Gasteiger partial charge < -0.3 is 15.2 Å². The summed E-state index contributed by atoms with van der Waals surface area (Å²) in [5.74, 6) is -1.51. The molecule has 0 aliphatic rings. The normalized spacial score (nSPS) is 12.7. The zero-order chi connectivity index (χ0) is 25.3. The summed E-state index contributed by atoms with van der Waals surface area (Å²) in [6.07, 6.45) is 4.71. The van der Waals surface area contributed by atoms with Gasteiger partial charge in [0.15, 0.2) is 15.5 Å². The molecule has 1 amide bonds. The third-order valence-electron chi connectivity index (χ3n) is 4.84. The van der Waals surface area contributed by atoms with Gasteiger partial charge in [-0.1, -0.05) is 0 Å². The van der Waals surface area contributed by atoms with Gasteiger partial charge in [0, 0.05) is 31.2 Å². The number of fused-ring (bicyclic) bond motifs is 1. The Labute approximate surface area is 197 Å². The van der Waals surface area contributed by atoms with E-state index >= 15 is 0 Å². The van der Waals surface area contributed by atoms with Crippen LogP contribution in [-0.2, 0) is 16.9 Å². The zero-order valence-corrected chi connectivity index (χ0v) is 19.3. The van der Waals surface area contributed by atoms with E-state index in [1.165, 1.54) is 41.8 Å². The number of rotatable bonds is 8. The van der Waals surface area contributed by atoms with Crippen LogP contribution in [-0.4, -0.2) is 62.3 Å². The number of nitrogens with one attached hydrogen (secondary N) is 1. The molecule has 0 radical (unpaired) electrons. The van der Waals surface area contributed by atoms with Crippen molar-refractivity contribution in [2.75, 3.05) is 11.1 Å². The highest BCUT2D eigenvalue weighted by molar-refractivity contribution is 7.91. The number of hydrogen-bond donors (Lipinski definition) is 2. The van der Waals surface area contributed by atoms with Crippen molar-refractivity contribution in [1.82, 2.24) is 24.4 Å². The van der Waals surface area contributed by atoms with Gasteiger partial charge >= 0.3 is 6.61 Å². The van der Waals surface area contributed by atoms with Gasteiger partial charge in [0.25, 0.3) is 5.91 Å². The Morgan fingerprint density at radius 2 is 2.09 bits per heavy atom. The molecule has 1 aromatic carbocycles. The number of alkyl halides is 2. The summed E-state index contributed by atoms with van der Waals surface area (Å²) in [6.45, 7) is -1.88. The van der Waals surface area contributed by atoms with E-state index in [1.807, 2.05) is 0 Å². The number of carbonyl (C=O) groups is 1. The molecule has 4 rings (SSSR count). The SMILES string of the molecule is CC(O)CS(=O)(=O)c1ccc(OC(F)F)c(-c2nn(C)cc2NC(=O)c2cnn3cccnc23)c1. The van der Waals surface area contributed by atoms with Crippen molar-refractivity contribution in [3.05, 3.63) is 54.6 Å². The lowest BCUT2D eigenvalue weighted by Gasteiger charge is -2.13. The predicted octanol–water partition coefficient (Wildman–Crippen LogP) is 2.14. The number of aryl methyl sites for hydroxylation is 1. The second-order valence-electron chi connectivity index (χ2n) is 7.63. The standard InChI is InChI=1S/C21H20F2N6O5S/c1-12(30)11-35(32,33)13-4-5-17(34-21(22)23)14(8-13)18-16(10-28(2)27-18)26-20(31)15-9-25-29-7-3-6-24-19(15)29/h3-10,12,21,30H,11H2,1-2H3,(H,26,31). The van der Waals surface area contributed by atoms with Gasteiger partial charge in [0.2, 0.25) is 0 Å². The first kappa shape index (κ1) is 24.2. The Hall–Kier alpha value is -3.91. The largest absolute Gasteiger partial charge is 0.434 e. The molecule has 0 bridgehead atoms. The lowest BCUT2D eigenvalue weighted by atomic mass is 10.1. The number of anilines is 1. The molecule has 0 aliphatic carbocycles. The highest BCUT2D eigenvalue weighted by Gasteiger charge is 2.25. The quantitative estimate of drug-likeness (QED) is 0.370. The lowest BCUT2D eigenvalue weighted by Crippen LogP contribution is -2.18. The maximum Gasteiger partial charge on any atom is 0.387 e. The van der Waals surface area contributed by atoms with Gasteiger partial charge in [-0.3, -0.25) is 9.48 Å². The van der Waals surface area contributed by atoms with Crippen LogP contribution in [0.2, 0.25) is 0 Å². The van der Waals surface area contributed by atoms with Crippen molar-refractivity contribution < 1.29 is 31.8 Å². The number of hydrogen-bond acceptors (Lipinski definition) is 8. The molecule has 0 spiro atoms. The van der Waals surface area contributed by atoms with E-state index < -0.39 is 34.2 Å². The number of nitrogens with zero attached hydrogens (tertiary/aromatic N) is 5. The third-order valence-corrected chi connectivity index (χ3v) is 6.74. The molecule has 4 aromatic rings. The van der Waals surface area contributed by atoms with Crippen molar-refractivity contribution in [1.29, 1.82) is 0 Å². The van der Waals surface area contributed by atoms with Crippen molar-refractivity contribution >= 4 is 27.1 Å². The van der Waals surface area contributed by atoms with Gasteiger partial charge in [-0.15, -0.1) is 0 Å². The molecule has 1 atom stereocenters. The van der Waals surface area contributed by atoms with E-state index in [9.17, 15) is 27.1 Å². The van der Waals surface area contributed by atoms with E-state index in [1.54, 1.807) is 12.3 Å². The first-order valence-corrected chi connectivity index (χ1v) is 11.8. The van der Waals surface area contributed by atoms with Crippen LogP contribution < -0.4 is 10.1 Å². The topological polar surface area (TPSA) is 141 Å². The van der Waals surface area contributed by atoms with E-state index in [2.05, 4.69) is 25.2 Å². The summed E-state index contributed by atoms with van der Waals surface area (Å²) < 4.78 is 58.8. The summed E-state index contributed by atoms with van der Waals surface area (Å²) >= 11 is 0. The number of benzene rings is 1. The number of aromatic nitrogens is 5. The van der Waals surface area contributed by atoms with Crippen LogP contribution in [0.3, 0.4) is 0 Å². The van der Waals surface area contributed by atoms with Crippen molar-refractivity contribution in [3.8, 4) is 17.0 Å². The minimum Gasteiger partial charge on any atom is -0.434 e. The number of halogens is 2. The number of aliphatic hydroxyl groups is 1. The van der Waals surface area contributed by atoms with Gasteiger partial charge in [-0.05, 0) is 31.2 Å². The van der Waals surface area contributed by atoms with E-state index in [0.717, 1.165) is 18.2 Å². The van der Waals surface area contributed by atoms with Crippen molar-refractivity contribution in [2.45, 2.75) is 24.5 Å². The van der Waals surface area contributed by atoms with Gasteiger partial charge in [0.1, 0.15) is 17.0 Å². The Morgan fingerprint density at radius 1 is 1.31 bits per heavy atom. The maximum atomic E-state index is 13.1. The summed E-state index contributed by atoms with van der Waals surface area (Å²) in [5.41, 5.74) is 0.457. The molecular formula is C21H20F2N6O5S. The number of sulfone groups is 1. The van der Waals surface area contributed by atoms with Crippen molar-refractivity contribution in [2.24, 2.45) is 7.05 Å². The zero-order valence-electron chi connectivity index (χ0n) is 18.5. The Bertz CT molecular complexity index is 1500. The second kappa shape index (κ2) is 9.38. The van der Waals surface area contributed by atoms with Crippen molar-refractivity contribution in [3.63, 3.8) is 0 Å². The van der Waals surface area contributed by atoms with Crippen LogP contribution in [0.1, 0.15) is 17.3 Å². The fraction of sp³-hybridized carbons (Fsp3) is 0.238. The van der Waals surface area contributed by atoms with Gasteiger partial charge in [-0.25, -0.2) is 17.9 Å². The van der Waals surface area contributed by atoms with Gasteiger partial charge in [0.05, 0.1) is 28.6 Å². The molecular weight excluding hydrogens is 486 g/mol. The number of ether oxygens (including phenoxy) is 1. The Morgan fingerprint density at radius 3 is 2.80 bits per heavy atom. The van der Waals surface area contributed by atoms with Crippen LogP contribution in [0.25, 0.3) is 16.9 Å². The summed E-state index contributed by atoms with van der Waals surface area (Å²) in [4.78, 5) is 16.9. The predicted molar refractivity (Wildman–Crippen MR) is 120 cm³/mol. The van der Waals surface area contributed by atoms with Crippen LogP contribution in [0, 0.1) is 0 Å². The summed E-state index contributed by atoms with van der Waals surface area (Å²) in [6, 6.07) is 4.94. The fourth-order valence-electron chi connectivity index (χ4n) is 3.46. The molecule has 0 aliphatic heterocycles. The molecule has 3 heterocycles. The smallest absolute Gasteiger partial charge is 0.387 e.